The van der Waals surface area contributed by atoms with E-state index in [1.807, 2.05) is 82.6 Å². The average molecular weight is 1020 g/mol. The van der Waals surface area contributed by atoms with Crippen molar-refractivity contribution in [1.82, 2.24) is 0 Å². The molecule has 0 atom stereocenters. The summed E-state index contributed by atoms with van der Waals surface area (Å²) < 4.78 is 105. The zero-order valence-corrected chi connectivity index (χ0v) is 42.8. The van der Waals surface area contributed by atoms with Crippen molar-refractivity contribution in [3.63, 3.8) is 0 Å². The van der Waals surface area contributed by atoms with Crippen LogP contribution < -0.4 is 9.80 Å². The third-order valence-corrected chi connectivity index (χ3v) is 14.8. The van der Waals surface area contributed by atoms with Crippen LogP contribution in [-0.2, 0) is 44.1 Å². The molecular formula is C62H70F6N2O4. The van der Waals surface area contributed by atoms with Gasteiger partial charge >= 0.3 is 12.4 Å². The van der Waals surface area contributed by atoms with Crippen molar-refractivity contribution in [3.05, 3.63) is 168 Å². The Hall–Kier alpha value is -5.66. The second kappa shape index (κ2) is 25.2. The maximum atomic E-state index is 13.7. The first-order chi connectivity index (χ1) is 35.8. The van der Waals surface area contributed by atoms with Crippen LogP contribution in [0.2, 0.25) is 0 Å². The van der Waals surface area contributed by atoms with E-state index in [0.29, 0.717) is 11.4 Å². The van der Waals surface area contributed by atoms with Gasteiger partial charge in [-0.05, 0) is 171 Å². The van der Waals surface area contributed by atoms with Gasteiger partial charge in [0.2, 0.25) is 0 Å². The van der Waals surface area contributed by atoms with E-state index in [4.69, 9.17) is 18.9 Å². The van der Waals surface area contributed by atoms with E-state index in [9.17, 15) is 26.3 Å². The van der Waals surface area contributed by atoms with Gasteiger partial charge in [0.25, 0.3) is 0 Å². The molecule has 0 bridgehead atoms. The molecule has 0 unspecified atom stereocenters. The number of alkyl halides is 6. The Morgan fingerprint density at radius 3 is 0.946 bits per heavy atom. The molecule has 2 saturated heterocycles. The Morgan fingerprint density at radius 1 is 0.392 bits per heavy atom. The van der Waals surface area contributed by atoms with Gasteiger partial charge < -0.3 is 28.7 Å². The number of ether oxygens (including phenoxy) is 4. The molecule has 2 aliphatic rings. The number of halogens is 6. The van der Waals surface area contributed by atoms with Gasteiger partial charge in [-0.3, -0.25) is 0 Å². The van der Waals surface area contributed by atoms with Crippen LogP contribution in [-0.4, -0.2) is 52.9 Å². The van der Waals surface area contributed by atoms with Crippen LogP contribution in [0.4, 0.5) is 60.5 Å². The number of nitrogens with zero attached hydrogens (tertiary/aromatic N) is 2. The molecule has 394 valence electrons. The minimum Gasteiger partial charge on any atom is -0.381 e. The standard InChI is InChI=1S/C62H70F6N2O4/c1-3-59(43-73-44-59)41-71-39-11-7-5-9-13-47-15-27-53(28-16-47)69(57-35-23-51(24-36-57)61(63,64)65)55-31-19-49(20-32-55)50-21-33-56(34-22-50)70(58-37-25-52(26-38-58)62(66,67)68)54-29-17-48(18-30-54)14-10-6-8-12-40-72-42-60(4-2)45-74-46-60/h15-38H,3-14,39-46H2,1-2H3. The fraction of sp³-hybridized carbons (Fsp3) is 0.419. The quantitative estimate of drug-likeness (QED) is 0.0378. The normalized spacial score (nSPS) is 15.1. The lowest BCUT2D eigenvalue weighted by Gasteiger charge is -2.40. The molecule has 12 heteroatoms. The van der Waals surface area contributed by atoms with Gasteiger partial charge in [-0.25, -0.2) is 0 Å². The molecule has 6 nitrogen and oxygen atoms in total. The molecule has 0 spiro atoms. The second-order valence-corrected chi connectivity index (χ2v) is 20.3. The molecule has 8 rings (SSSR count). The van der Waals surface area contributed by atoms with Crippen molar-refractivity contribution in [3.8, 4) is 11.1 Å². The highest BCUT2D eigenvalue weighted by Gasteiger charge is 2.38. The van der Waals surface area contributed by atoms with E-state index in [2.05, 4.69) is 38.1 Å². The van der Waals surface area contributed by atoms with Crippen LogP contribution in [0.5, 0.6) is 0 Å². The smallest absolute Gasteiger partial charge is 0.381 e. The average Bonchev–Trinajstić information content (AvgIpc) is 3.38. The number of hydrogen-bond acceptors (Lipinski definition) is 6. The molecule has 2 heterocycles. The maximum Gasteiger partial charge on any atom is 0.416 e. The zero-order valence-electron chi connectivity index (χ0n) is 42.8. The summed E-state index contributed by atoms with van der Waals surface area (Å²) in [5.41, 5.74) is 7.57. The SMILES string of the molecule is CCC1(COCCCCCCc2ccc(N(c3ccc(-c4ccc(N(c5ccc(CCCCCCOCC6(CC)COC6)cc5)c5ccc(C(F)(F)F)cc5)cc4)cc3)c3ccc(C(F)(F)F)cc3)cc2)COC1. The van der Waals surface area contributed by atoms with Crippen LogP contribution >= 0.6 is 0 Å². The number of anilines is 6. The van der Waals surface area contributed by atoms with Gasteiger partial charge in [-0.1, -0.05) is 88.1 Å². The van der Waals surface area contributed by atoms with Crippen molar-refractivity contribution >= 4 is 34.1 Å². The Morgan fingerprint density at radius 2 is 0.676 bits per heavy atom. The minimum absolute atomic E-state index is 0.207. The molecule has 0 saturated carbocycles. The molecule has 0 aromatic heterocycles. The Labute approximate surface area is 433 Å². The summed E-state index contributed by atoms with van der Waals surface area (Å²) in [6.07, 6.45) is 3.62. The molecule has 0 amide bonds. The van der Waals surface area contributed by atoms with Gasteiger partial charge in [-0.15, -0.1) is 0 Å². The van der Waals surface area contributed by atoms with Crippen LogP contribution in [0.25, 0.3) is 11.1 Å². The van der Waals surface area contributed by atoms with Crippen molar-refractivity contribution in [1.29, 1.82) is 0 Å². The molecule has 2 fully saturated rings. The zero-order chi connectivity index (χ0) is 52.0. The highest BCUT2D eigenvalue weighted by atomic mass is 19.4. The molecular weight excluding hydrogens is 951 g/mol. The first-order valence-corrected chi connectivity index (χ1v) is 26.4. The highest BCUT2D eigenvalue weighted by molar-refractivity contribution is 5.81. The first-order valence-electron chi connectivity index (χ1n) is 26.4. The molecule has 0 aliphatic carbocycles. The summed E-state index contributed by atoms with van der Waals surface area (Å²) >= 11 is 0. The summed E-state index contributed by atoms with van der Waals surface area (Å²) in [5.74, 6) is 0. The summed E-state index contributed by atoms with van der Waals surface area (Å²) in [4.78, 5) is 3.91. The lowest BCUT2D eigenvalue weighted by Crippen LogP contribution is -2.45. The number of benzene rings is 6. The van der Waals surface area contributed by atoms with Gasteiger partial charge in [0.1, 0.15) is 0 Å². The number of hydrogen-bond donors (Lipinski definition) is 0. The van der Waals surface area contributed by atoms with Gasteiger partial charge in [-0.2, -0.15) is 26.3 Å². The molecule has 0 N–H and O–H groups in total. The van der Waals surface area contributed by atoms with Gasteiger partial charge in [0.15, 0.2) is 0 Å². The second-order valence-electron chi connectivity index (χ2n) is 20.3. The third-order valence-electron chi connectivity index (χ3n) is 14.8. The van der Waals surface area contributed by atoms with Crippen LogP contribution in [0.1, 0.15) is 100 Å². The van der Waals surface area contributed by atoms with Crippen LogP contribution in [0, 0.1) is 10.8 Å². The summed E-state index contributed by atoms with van der Waals surface area (Å²) in [6.45, 7) is 10.6. The largest absolute Gasteiger partial charge is 0.416 e. The highest BCUT2D eigenvalue weighted by Crippen LogP contribution is 2.41. The van der Waals surface area contributed by atoms with Crippen molar-refractivity contribution in [2.45, 2.75) is 103 Å². The molecule has 0 radical (unpaired) electrons. The van der Waals surface area contributed by atoms with E-state index >= 15 is 0 Å². The number of rotatable bonds is 27. The van der Waals surface area contributed by atoms with E-state index in [0.717, 1.165) is 188 Å². The fourth-order valence-corrected chi connectivity index (χ4v) is 9.63. The van der Waals surface area contributed by atoms with E-state index < -0.39 is 23.5 Å². The molecule has 74 heavy (non-hydrogen) atoms. The summed E-state index contributed by atoms with van der Waals surface area (Å²) in [5, 5.41) is 0. The van der Waals surface area contributed by atoms with Crippen molar-refractivity contribution in [2.24, 2.45) is 10.8 Å². The van der Waals surface area contributed by atoms with E-state index in [-0.39, 0.29) is 10.8 Å². The van der Waals surface area contributed by atoms with Crippen molar-refractivity contribution in [2.75, 3.05) is 62.7 Å². The van der Waals surface area contributed by atoms with Gasteiger partial charge in [0.05, 0.1) is 50.8 Å². The first kappa shape index (κ1) is 54.6. The Balaban J connectivity index is 0.917. The Bertz CT molecular complexity index is 2420. The van der Waals surface area contributed by atoms with Crippen molar-refractivity contribution < 1.29 is 45.3 Å². The number of unbranched alkanes of at least 4 members (excludes halogenated alkanes) is 6. The molecule has 2 aliphatic heterocycles. The maximum absolute atomic E-state index is 13.7. The predicted molar refractivity (Wildman–Crippen MR) is 284 cm³/mol. The predicted octanol–water partition coefficient (Wildman–Crippen LogP) is 17.4. The molecule has 6 aromatic rings. The summed E-state index contributed by atoms with van der Waals surface area (Å²) in [6, 6.07) is 42.6. The van der Waals surface area contributed by atoms with Gasteiger partial charge in [0, 0.05) is 58.2 Å². The monoisotopic (exact) mass is 1020 g/mol. The number of aryl methyl sites for hydroxylation is 2. The summed E-state index contributed by atoms with van der Waals surface area (Å²) in [7, 11) is 0. The molecule has 6 aromatic carbocycles. The third kappa shape index (κ3) is 14.4. The topological polar surface area (TPSA) is 43.4 Å². The lowest BCUT2D eigenvalue weighted by atomic mass is 9.84. The lowest BCUT2D eigenvalue weighted by molar-refractivity contribution is -0.150. The van der Waals surface area contributed by atoms with Crippen LogP contribution in [0.3, 0.4) is 0 Å². The van der Waals surface area contributed by atoms with E-state index in [1.54, 1.807) is 0 Å². The fourth-order valence-electron chi connectivity index (χ4n) is 9.63. The van der Waals surface area contributed by atoms with Crippen LogP contribution in [0.15, 0.2) is 146 Å². The van der Waals surface area contributed by atoms with E-state index in [1.165, 1.54) is 35.4 Å². The Kier molecular flexibility index (Phi) is 18.6. The minimum atomic E-state index is -4.46.